The van der Waals surface area contributed by atoms with Crippen LogP contribution >= 0.6 is 0 Å². The first-order chi connectivity index (χ1) is 2.89. The molecule has 0 nitrogen and oxygen atoms in total. The van der Waals surface area contributed by atoms with Crippen LogP contribution < -0.4 is 0 Å². The molecular weight excluding hydrogens is 303 g/mol. The molecular formula is C9H20Pt. The van der Waals surface area contributed by atoms with Crippen molar-refractivity contribution in [2.45, 2.75) is 35.6 Å². The predicted octanol–water partition coefficient (Wildman–Crippen LogP) is 3.80. The smallest absolute Gasteiger partial charge is 0 e. The maximum Gasteiger partial charge on any atom is 0 e. The molecule has 0 spiro atoms. The number of rotatable bonds is 0. The molecule has 1 rings (SSSR count). The molecule has 0 heterocycles. The molecule has 0 amide bonds. The van der Waals surface area contributed by atoms with Gasteiger partial charge in [-0.1, -0.05) is 46.1 Å². The van der Waals surface area contributed by atoms with Gasteiger partial charge in [-0.3, -0.25) is 0 Å². The van der Waals surface area contributed by atoms with Gasteiger partial charge >= 0.3 is 0 Å². The van der Waals surface area contributed by atoms with Gasteiger partial charge in [0.25, 0.3) is 0 Å². The van der Waals surface area contributed by atoms with Gasteiger partial charge in [-0.05, 0) is 13.3 Å². The van der Waals surface area contributed by atoms with Gasteiger partial charge in [0, 0.05) is 21.1 Å². The zero-order valence-corrected chi connectivity index (χ0v) is 6.53. The summed E-state index contributed by atoms with van der Waals surface area (Å²) in [5.41, 5.74) is 1.40. The first-order valence-corrected chi connectivity index (χ1v) is 2.23. The van der Waals surface area contributed by atoms with Crippen LogP contribution in [0.1, 0.15) is 35.6 Å². The summed E-state index contributed by atoms with van der Waals surface area (Å²) in [5.74, 6) is 0. The van der Waals surface area contributed by atoms with Crippen molar-refractivity contribution >= 4 is 0 Å². The Morgan fingerprint density at radius 3 is 1.80 bits per heavy atom. The van der Waals surface area contributed by atoms with E-state index < -0.39 is 0 Å². The molecule has 0 aromatic heterocycles. The topological polar surface area (TPSA) is 0 Å². The Kier molecular flexibility index (Phi) is 26.7. The van der Waals surface area contributed by atoms with Crippen LogP contribution in [0, 0.1) is 0 Å². The van der Waals surface area contributed by atoms with Crippen LogP contribution in [0.25, 0.3) is 0 Å². The van der Waals surface area contributed by atoms with Crippen molar-refractivity contribution in [2.75, 3.05) is 0 Å². The van der Waals surface area contributed by atoms with Crippen LogP contribution in [0.3, 0.4) is 0 Å². The summed E-state index contributed by atoms with van der Waals surface area (Å²) < 4.78 is 0. The van der Waals surface area contributed by atoms with E-state index in [2.05, 4.69) is 25.2 Å². The van der Waals surface area contributed by atoms with Gasteiger partial charge in [0.1, 0.15) is 0 Å². The Morgan fingerprint density at radius 2 is 1.70 bits per heavy atom. The molecule has 10 heavy (non-hydrogen) atoms. The van der Waals surface area contributed by atoms with Crippen molar-refractivity contribution < 1.29 is 21.1 Å². The SMILES string of the molecule is C.C.C.CC1=CCC=C1.[Pt]. The zero-order valence-electron chi connectivity index (χ0n) is 4.26. The fourth-order valence-electron chi connectivity index (χ4n) is 0.576. The van der Waals surface area contributed by atoms with E-state index in [1.54, 1.807) is 0 Å². The van der Waals surface area contributed by atoms with Crippen LogP contribution in [-0.4, -0.2) is 0 Å². The van der Waals surface area contributed by atoms with E-state index in [0.717, 1.165) is 6.42 Å². The molecule has 0 fully saturated rings. The van der Waals surface area contributed by atoms with E-state index >= 15 is 0 Å². The zero-order chi connectivity index (χ0) is 4.41. The molecule has 0 radical (unpaired) electrons. The second-order valence-corrected chi connectivity index (χ2v) is 1.59. The van der Waals surface area contributed by atoms with Crippen LogP contribution in [0.4, 0.5) is 0 Å². The molecule has 0 N–H and O–H groups in total. The minimum Gasteiger partial charge on any atom is -0.0805 e. The van der Waals surface area contributed by atoms with Crippen molar-refractivity contribution in [1.29, 1.82) is 0 Å². The second-order valence-electron chi connectivity index (χ2n) is 1.59. The van der Waals surface area contributed by atoms with Gasteiger partial charge in [0.2, 0.25) is 0 Å². The summed E-state index contributed by atoms with van der Waals surface area (Å²) in [4.78, 5) is 0. The first-order valence-electron chi connectivity index (χ1n) is 2.23. The molecule has 0 bridgehead atoms. The van der Waals surface area contributed by atoms with Crippen molar-refractivity contribution in [1.82, 2.24) is 0 Å². The molecule has 0 saturated heterocycles. The van der Waals surface area contributed by atoms with E-state index in [-0.39, 0.29) is 43.3 Å². The van der Waals surface area contributed by atoms with Gasteiger partial charge in [-0.2, -0.15) is 0 Å². The van der Waals surface area contributed by atoms with Gasteiger partial charge < -0.3 is 0 Å². The van der Waals surface area contributed by atoms with Crippen molar-refractivity contribution in [2.24, 2.45) is 0 Å². The molecule has 1 heteroatoms. The Labute approximate surface area is 80.7 Å². The third-order valence-electron chi connectivity index (χ3n) is 0.957. The molecule has 0 aromatic rings. The summed E-state index contributed by atoms with van der Waals surface area (Å²) >= 11 is 0. The first kappa shape index (κ1) is 22.5. The van der Waals surface area contributed by atoms with Crippen molar-refractivity contribution in [3.05, 3.63) is 23.8 Å². The van der Waals surface area contributed by atoms with Crippen molar-refractivity contribution in [3.63, 3.8) is 0 Å². The maximum absolute atomic E-state index is 2.21. The third-order valence-corrected chi connectivity index (χ3v) is 0.957. The van der Waals surface area contributed by atoms with Crippen LogP contribution in [0.5, 0.6) is 0 Å². The fourth-order valence-corrected chi connectivity index (χ4v) is 0.576. The Bertz CT molecular complexity index is 98.5. The Morgan fingerprint density at radius 1 is 1.20 bits per heavy atom. The van der Waals surface area contributed by atoms with Gasteiger partial charge in [0.15, 0.2) is 0 Å². The summed E-state index contributed by atoms with van der Waals surface area (Å²) in [6.07, 6.45) is 7.65. The second kappa shape index (κ2) is 11.9. The molecule has 66 valence electrons. The Balaban J connectivity index is -0.0000000450. The number of hydrogen-bond donors (Lipinski definition) is 0. The third kappa shape index (κ3) is 8.17. The van der Waals surface area contributed by atoms with Gasteiger partial charge in [0.05, 0.1) is 0 Å². The average molecular weight is 323 g/mol. The molecule has 0 atom stereocenters. The normalized spacial score (nSPS) is 11.1. The molecule has 1 aliphatic carbocycles. The molecule has 1 aliphatic rings. The molecule has 0 aromatic carbocycles. The minimum absolute atomic E-state index is 0. The predicted molar refractivity (Wildman–Crippen MR) is 47.7 cm³/mol. The summed E-state index contributed by atoms with van der Waals surface area (Å²) in [6.45, 7) is 2.11. The minimum atomic E-state index is 0. The quantitative estimate of drug-likeness (QED) is 0.636. The standard InChI is InChI=1S/C6H8.3CH4.Pt/c1-6-4-2-3-5-6;;;;/h2,4-5H,3H2,1H3;3*1H4;. The summed E-state index contributed by atoms with van der Waals surface area (Å²) in [5, 5.41) is 0. The van der Waals surface area contributed by atoms with Gasteiger partial charge in [-0.15, -0.1) is 0 Å². The van der Waals surface area contributed by atoms with E-state index in [1.807, 2.05) is 0 Å². The van der Waals surface area contributed by atoms with E-state index in [9.17, 15) is 0 Å². The maximum atomic E-state index is 2.21. The number of hydrogen-bond acceptors (Lipinski definition) is 0. The van der Waals surface area contributed by atoms with Gasteiger partial charge in [-0.25, -0.2) is 0 Å². The Hall–Kier alpha value is 0.168. The fraction of sp³-hybridized carbons (Fsp3) is 0.556. The molecule has 0 aliphatic heterocycles. The van der Waals surface area contributed by atoms with E-state index in [4.69, 9.17) is 0 Å². The largest absolute Gasteiger partial charge is 0.0805 e. The van der Waals surface area contributed by atoms with Crippen LogP contribution in [0.15, 0.2) is 23.8 Å². The molecule has 0 unspecified atom stereocenters. The monoisotopic (exact) mass is 323 g/mol. The van der Waals surface area contributed by atoms with Crippen molar-refractivity contribution in [3.8, 4) is 0 Å². The summed E-state index contributed by atoms with van der Waals surface area (Å²) in [6, 6.07) is 0. The molecule has 0 saturated carbocycles. The van der Waals surface area contributed by atoms with Crippen LogP contribution in [0.2, 0.25) is 0 Å². The van der Waals surface area contributed by atoms with E-state index in [1.165, 1.54) is 5.57 Å². The number of allylic oxidation sites excluding steroid dienone is 4. The van der Waals surface area contributed by atoms with Crippen LogP contribution in [-0.2, 0) is 21.1 Å². The summed E-state index contributed by atoms with van der Waals surface area (Å²) in [7, 11) is 0. The van der Waals surface area contributed by atoms with E-state index in [0.29, 0.717) is 0 Å². The average Bonchev–Trinajstić information content (AvgIpc) is 1.86.